The second-order valence-corrected chi connectivity index (χ2v) is 1.41. The van der Waals surface area contributed by atoms with Crippen molar-refractivity contribution in [2.24, 2.45) is 16.0 Å². The predicted molar refractivity (Wildman–Crippen MR) is 22.6 cm³/mol. The zero-order valence-electron chi connectivity index (χ0n) is 3.46. The molecule has 0 amide bonds. The molecule has 34 valence electrons. The van der Waals surface area contributed by atoms with Gasteiger partial charge in [-0.1, -0.05) is 0 Å². The Balaban J connectivity index is 2.32. The van der Waals surface area contributed by atoms with Gasteiger partial charge in [-0.15, -0.1) is 0 Å². The van der Waals surface area contributed by atoms with Crippen LogP contribution in [0.4, 0.5) is 0 Å². The summed E-state index contributed by atoms with van der Waals surface area (Å²) in [5.41, 5.74) is 5.35. The van der Waals surface area contributed by atoms with E-state index < -0.39 is 0 Å². The molecule has 0 aliphatic carbocycles. The maximum Gasteiger partial charge on any atom is 0.0768 e. The second-order valence-electron chi connectivity index (χ2n) is 1.41. The largest absolute Gasteiger partial charge is 0.324 e. The second kappa shape index (κ2) is 1.34. The van der Waals surface area contributed by atoms with Crippen LogP contribution in [0.25, 0.3) is 0 Å². The van der Waals surface area contributed by atoms with E-state index in [9.17, 15) is 0 Å². The van der Waals surface area contributed by atoms with Gasteiger partial charge < -0.3 is 5.73 Å². The molecule has 2 N–H and O–H groups in total. The lowest BCUT2D eigenvalue weighted by Crippen LogP contribution is -2.22. The summed E-state index contributed by atoms with van der Waals surface area (Å²) in [5.74, 6) is 0. The van der Waals surface area contributed by atoms with Crippen LogP contribution in [0.2, 0.25) is 0 Å². The summed E-state index contributed by atoms with van der Waals surface area (Å²) in [4.78, 5) is 0. The fraction of sp³-hybridized carbons (Fsp3) is 1.00. The highest BCUT2D eigenvalue weighted by molar-refractivity contribution is 4.69. The highest BCUT2D eigenvalue weighted by atomic mass is 15.2. The molecule has 0 radical (unpaired) electrons. The number of nitrogens with two attached hydrogens (primary N) is 1. The first-order valence-electron chi connectivity index (χ1n) is 1.98. The monoisotopic (exact) mass is 85.1 g/mol. The Morgan fingerprint density at radius 2 is 1.83 bits per heavy atom. The van der Waals surface area contributed by atoms with Gasteiger partial charge in [0, 0.05) is 6.04 Å². The summed E-state index contributed by atoms with van der Waals surface area (Å²) in [6.07, 6.45) is 0. The Bertz CT molecular complexity index is 60.4. The molecule has 0 saturated carbocycles. The molecule has 3 nitrogen and oxygen atoms in total. The number of hydrogen-bond acceptors (Lipinski definition) is 3. The molecule has 1 heterocycles. The van der Waals surface area contributed by atoms with Crippen LogP contribution in [0.1, 0.15) is 0 Å². The van der Waals surface area contributed by atoms with Gasteiger partial charge in [-0.2, -0.15) is 10.2 Å². The van der Waals surface area contributed by atoms with Crippen LogP contribution < -0.4 is 5.73 Å². The Labute approximate surface area is 36.2 Å². The topological polar surface area (TPSA) is 50.7 Å². The first kappa shape index (κ1) is 3.74. The summed E-state index contributed by atoms with van der Waals surface area (Å²) < 4.78 is 0. The molecule has 3 heteroatoms. The average molecular weight is 85.1 g/mol. The van der Waals surface area contributed by atoms with Gasteiger partial charge in [-0.3, -0.25) is 0 Å². The third-order valence-corrected chi connectivity index (χ3v) is 0.732. The lowest BCUT2D eigenvalue weighted by atomic mass is 10.3. The fourth-order valence-corrected chi connectivity index (χ4v) is 0.383. The number of azo groups is 1. The molecule has 0 atom stereocenters. The molecule has 0 bridgehead atoms. The third-order valence-electron chi connectivity index (χ3n) is 0.732. The van der Waals surface area contributed by atoms with Gasteiger partial charge >= 0.3 is 0 Å². The van der Waals surface area contributed by atoms with Gasteiger partial charge in [-0.25, -0.2) is 0 Å². The van der Waals surface area contributed by atoms with Gasteiger partial charge in [0.25, 0.3) is 0 Å². The van der Waals surface area contributed by atoms with Crippen LogP contribution in [-0.4, -0.2) is 19.1 Å². The number of rotatable bonds is 0. The summed E-state index contributed by atoms with van der Waals surface area (Å²) in [6.45, 7) is 1.44. The molecular formula is C3H7N3. The summed E-state index contributed by atoms with van der Waals surface area (Å²) in [7, 11) is 0. The minimum absolute atomic E-state index is 0.213. The van der Waals surface area contributed by atoms with Crippen molar-refractivity contribution in [2.75, 3.05) is 13.1 Å². The molecule has 1 rings (SSSR count). The van der Waals surface area contributed by atoms with Crippen molar-refractivity contribution in [1.82, 2.24) is 0 Å². The van der Waals surface area contributed by atoms with Crippen LogP contribution in [0.3, 0.4) is 0 Å². The summed E-state index contributed by atoms with van der Waals surface area (Å²) >= 11 is 0. The Morgan fingerprint density at radius 1 is 1.33 bits per heavy atom. The van der Waals surface area contributed by atoms with Crippen LogP contribution in [-0.2, 0) is 0 Å². The van der Waals surface area contributed by atoms with E-state index in [0.717, 1.165) is 13.1 Å². The maximum absolute atomic E-state index is 5.35. The molecule has 0 saturated heterocycles. The molecular weight excluding hydrogens is 78.1 g/mol. The molecule has 0 aromatic rings. The Hall–Kier alpha value is -0.440. The molecule has 1 aliphatic heterocycles. The van der Waals surface area contributed by atoms with Crippen molar-refractivity contribution in [2.45, 2.75) is 6.04 Å². The van der Waals surface area contributed by atoms with Crippen LogP contribution >= 0.6 is 0 Å². The van der Waals surface area contributed by atoms with Gasteiger partial charge in [0.15, 0.2) is 0 Å². The van der Waals surface area contributed by atoms with Gasteiger partial charge in [0.05, 0.1) is 13.1 Å². The molecule has 0 fully saturated rings. The predicted octanol–water partition coefficient (Wildman–Crippen LogP) is -0.221. The summed E-state index contributed by atoms with van der Waals surface area (Å²) in [5, 5.41) is 7.33. The van der Waals surface area contributed by atoms with Gasteiger partial charge in [0.2, 0.25) is 0 Å². The van der Waals surface area contributed by atoms with E-state index in [4.69, 9.17) is 5.73 Å². The zero-order valence-corrected chi connectivity index (χ0v) is 3.46. The minimum Gasteiger partial charge on any atom is -0.324 e. The van der Waals surface area contributed by atoms with Crippen LogP contribution in [0.15, 0.2) is 10.2 Å². The van der Waals surface area contributed by atoms with Crippen molar-refractivity contribution < 1.29 is 0 Å². The molecule has 1 aliphatic rings. The number of nitrogens with zero attached hydrogens (tertiary/aromatic N) is 2. The molecule has 0 aromatic carbocycles. The molecule has 0 unspecified atom stereocenters. The standard InChI is InChI=1S/C3H7N3/c4-3-1-5-6-2-3/h3H,1-2,4H2. The van der Waals surface area contributed by atoms with E-state index in [1.807, 2.05) is 0 Å². The summed E-state index contributed by atoms with van der Waals surface area (Å²) in [6, 6.07) is 0.213. The van der Waals surface area contributed by atoms with Gasteiger partial charge in [-0.05, 0) is 0 Å². The minimum atomic E-state index is 0.213. The average Bonchev–Trinajstić information content (AvgIpc) is 1.86. The van der Waals surface area contributed by atoms with Crippen LogP contribution in [0.5, 0.6) is 0 Å². The lowest BCUT2D eigenvalue weighted by molar-refractivity contribution is 0.775. The Morgan fingerprint density at radius 3 is 2.00 bits per heavy atom. The van der Waals surface area contributed by atoms with Crippen LogP contribution in [0, 0.1) is 0 Å². The van der Waals surface area contributed by atoms with Gasteiger partial charge in [0.1, 0.15) is 0 Å². The molecule has 0 aromatic heterocycles. The fourth-order valence-electron chi connectivity index (χ4n) is 0.383. The molecule has 0 spiro atoms. The van der Waals surface area contributed by atoms with Crippen molar-refractivity contribution in [3.05, 3.63) is 0 Å². The van der Waals surface area contributed by atoms with E-state index in [2.05, 4.69) is 10.2 Å². The van der Waals surface area contributed by atoms with E-state index >= 15 is 0 Å². The first-order valence-corrected chi connectivity index (χ1v) is 1.98. The highest BCUT2D eigenvalue weighted by Crippen LogP contribution is 1.91. The highest BCUT2D eigenvalue weighted by Gasteiger charge is 2.03. The SMILES string of the molecule is NC1CN=NC1. The lowest BCUT2D eigenvalue weighted by Gasteiger charge is -1.89. The van der Waals surface area contributed by atoms with Crippen molar-refractivity contribution in [1.29, 1.82) is 0 Å². The van der Waals surface area contributed by atoms with E-state index in [0.29, 0.717) is 0 Å². The van der Waals surface area contributed by atoms with E-state index in [1.54, 1.807) is 0 Å². The Kier molecular flexibility index (Phi) is 0.837. The van der Waals surface area contributed by atoms with E-state index in [1.165, 1.54) is 0 Å². The quantitative estimate of drug-likeness (QED) is 0.434. The zero-order chi connectivity index (χ0) is 4.41. The maximum atomic E-state index is 5.35. The smallest absolute Gasteiger partial charge is 0.0768 e. The van der Waals surface area contributed by atoms with Crippen molar-refractivity contribution in [3.8, 4) is 0 Å². The van der Waals surface area contributed by atoms with Crippen molar-refractivity contribution in [3.63, 3.8) is 0 Å². The van der Waals surface area contributed by atoms with E-state index in [-0.39, 0.29) is 6.04 Å². The third kappa shape index (κ3) is 0.542. The normalized spacial score (nSPS) is 22.8. The first-order chi connectivity index (χ1) is 2.89. The number of hydrogen-bond donors (Lipinski definition) is 1. The van der Waals surface area contributed by atoms with Crippen molar-refractivity contribution >= 4 is 0 Å². The molecule has 6 heavy (non-hydrogen) atoms.